The van der Waals surface area contributed by atoms with Crippen LogP contribution in [0.25, 0.3) is 11.4 Å². The third-order valence-electron chi connectivity index (χ3n) is 4.61. The number of nitrogens with one attached hydrogen (secondary N) is 3. The zero-order valence-corrected chi connectivity index (χ0v) is 16.0. The lowest BCUT2D eigenvalue weighted by molar-refractivity contribution is 1.09. The van der Waals surface area contributed by atoms with Gasteiger partial charge in [-0.1, -0.05) is 30.3 Å². The van der Waals surface area contributed by atoms with Crippen LogP contribution in [0.4, 0.5) is 23.4 Å². The second-order valence-corrected chi connectivity index (χ2v) is 6.62. The number of hydrogen-bond donors (Lipinski definition) is 3. The molecule has 4 aromatic rings. The molecule has 0 aliphatic heterocycles. The summed E-state index contributed by atoms with van der Waals surface area (Å²) in [6.45, 7) is 6.32. The molecule has 0 aliphatic rings. The number of hydrogen-bond acceptors (Lipinski definition) is 6. The quantitative estimate of drug-likeness (QED) is 0.472. The van der Waals surface area contributed by atoms with Crippen molar-refractivity contribution < 1.29 is 0 Å². The molecule has 4 rings (SSSR count). The molecular formula is C21H21N7. The van der Waals surface area contributed by atoms with Crippen LogP contribution in [0.2, 0.25) is 0 Å². The lowest BCUT2D eigenvalue weighted by Crippen LogP contribution is -2.02. The van der Waals surface area contributed by atoms with Gasteiger partial charge < -0.3 is 10.6 Å². The van der Waals surface area contributed by atoms with E-state index >= 15 is 0 Å². The maximum absolute atomic E-state index is 4.50. The minimum Gasteiger partial charge on any atom is -0.324 e. The summed E-state index contributed by atoms with van der Waals surface area (Å²) in [5.74, 6) is 2.26. The summed E-state index contributed by atoms with van der Waals surface area (Å²) >= 11 is 0. The fourth-order valence-electron chi connectivity index (χ4n) is 2.88. The van der Waals surface area contributed by atoms with Crippen LogP contribution in [-0.2, 0) is 0 Å². The molecule has 140 valence electrons. The summed E-state index contributed by atoms with van der Waals surface area (Å²) in [6, 6.07) is 15.8. The van der Waals surface area contributed by atoms with Gasteiger partial charge in [0.2, 0.25) is 11.9 Å². The Morgan fingerprint density at radius 1 is 0.821 bits per heavy atom. The Balaban J connectivity index is 1.51. The smallest absolute Gasteiger partial charge is 0.248 e. The minimum absolute atomic E-state index is 0.450. The van der Waals surface area contributed by atoms with E-state index in [-0.39, 0.29) is 0 Å². The maximum Gasteiger partial charge on any atom is 0.248 e. The molecule has 0 saturated heterocycles. The zero-order chi connectivity index (χ0) is 19.5. The molecule has 0 bridgehead atoms. The van der Waals surface area contributed by atoms with E-state index < -0.39 is 0 Å². The van der Waals surface area contributed by atoms with E-state index in [9.17, 15) is 0 Å². The largest absolute Gasteiger partial charge is 0.324 e. The van der Waals surface area contributed by atoms with Crippen LogP contribution in [0.3, 0.4) is 0 Å². The molecule has 0 fully saturated rings. The first-order valence-electron chi connectivity index (χ1n) is 9.01. The minimum atomic E-state index is 0.450. The fourth-order valence-corrected chi connectivity index (χ4v) is 2.88. The number of anilines is 4. The highest BCUT2D eigenvalue weighted by atomic mass is 15.3. The van der Waals surface area contributed by atoms with Crippen molar-refractivity contribution in [2.75, 3.05) is 10.6 Å². The number of H-pyrrole nitrogens is 1. The molecule has 0 aliphatic carbocycles. The van der Waals surface area contributed by atoms with E-state index in [2.05, 4.69) is 68.7 Å². The predicted octanol–water partition coefficient (Wildman–Crippen LogP) is 4.67. The van der Waals surface area contributed by atoms with Gasteiger partial charge in [-0.05, 0) is 55.7 Å². The SMILES string of the molecule is Cc1cc(Nc2nccc(Nc3n[nH]c(-c4ccccc4)n3)n2)cc(C)c1C. The first-order chi connectivity index (χ1) is 13.6. The summed E-state index contributed by atoms with van der Waals surface area (Å²) in [4.78, 5) is 13.3. The van der Waals surface area contributed by atoms with Crippen molar-refractivity contribution in [1.29, 1.82) is 0 Å². The highest BCUT2D eigenvalue weighted by molar-refractivity contribution is 5.61. The Hall–Kier alpha value is -3.74. The van der Waals surface area contributed by atoms with E-state index in [0.717, 1.165) is 11.3 Å². The normalized spacial score (nSPS) is 10.7. The molecule has 0 radical (unpaired) electrons. The molecule has 0 unspecified atom stereocenters. The number of aromatic amines is 1. The summed E-state index contributed by atoms with van der Waals surface area (Å²) in [6.07, 6.45) is 1.69. The van der Waals surface area contributed by atoms with Crippen molar-refractivity contribution in [3.8, 4) is 11.4 Å². The van der Waals surface area contributed by atoms with Crippen LogP contribution in [0, 0.1) is 20.8 Å². The first-order valence-corrected chi connectivity index (χ1v) is 9.01. The van der Waals surface area contributed by atoms with E-state index in [1.54, 1.807) is 12.3 Å². The van der Waals surface area contributed by atoms with E-state index in [1.165, 1.54) is 16.7 Å². The number of aryl methyl sites for hydroxylation is 2. The van der Waals surface area contributed by atoms with Crippen molar-refractivity contribution in [1.82, 2.24) is 25.1 Å². The highest BCUT2D eigenvalue weighted by Gasteiger charge is 2.08. The number of aromatic nitrogens is 5. The van der Waals surface area contributed by atoms with Gasteiger partial charge in [-0.15, -0.1) is 5.10 Å². The summed E-state index contributed by atoms with van der Waals surface area (Å²) < 4.78 is 0. The molecule has 0 saturated carbocycles. The van der Waals surface area contributed by atoms with Gasteiger partial charge >= 0.3 is 0 Å². The molecule has 2 aromatic heterocycles. The Morgan fingerprint density at radius 3 is 2.32 bits per heavy atom. The van der Waals surface area contributed by atoms with Gasteiger partial charge in [0.05, 0.1) is 0 Å². The summed E-state index contributed by atoms with van der Waals surface area (Å²) in [7, 11) is 0. The van der Waals surface area contributed by atoms with E-state index in [4.69, 9.17) is 0 Å². The Kier molecular flexibility index (Phi) is 4.72. The maximum atomic E-state index is 4.50. The van der Waals surface area contributed by atoms with Gasteiger partial charge in [-0.25, -0.2) is 4.98 Å². The lowest BCUT2D eigenvalue weighted by atomic mass is 10.0. The molecule has 0 spiro atoms. The van der Waals surface area contributed by atoms with Crippen molar-refractivity contribution in [3.05, 3.63) is 71.4 Å². The second-order valence-electron chi connectivity index (χ2n) is 6.62. The van der Waals surface area contributed by atoms with Crippen LogP contribution in [-0.4, -0.2) is 25.1 Å². The molecular weight excluding hydrogens is 350 g/mol. The standard InChI is InChI=1S/C21H21N7/c1-13-11-17(12-14(2)15(13)3)23-20-22-10-9-18(24-20)25-21-26-19(27-28-21)16-7-5-4-6-8-16/h4-12H,1-3H3,(H3,22,23,24,25,26,27,28). The number of rotatable bonds is 5. The number of benzene rings is 2. The van der Waals surface area contributed by atoms with Crippen LogP contribution >= 0.6 is 0 Å². The summed E-state index contributed by atoms with van der Waals surface area (Å²) in [5.41, 5.74) is 5.68. The molecule has 7 heteroatoms. The second kappa shape index (κ2) is 7.48. The molecule has 2 aromatic carbocycles. The third kappa shape index (κ3) is 3.83. The molecule has 2 heterocycles. The van der Waals surface area contributed by atoms with Gasteiger partial charge in [-0.2, -0.15) is 9.97 Å². The van der Waals surface area contributed by atoms with E-state index in [1.807, 2.05) is 30.3 Å². The van der Waals surface area contributed by atoms with Crippen molar-refractivity contribution >= 4 is 23.4 Å². The van der Waals surface area contributed by atoms with Crippen LogP contribution in [0.5, 0.6) is 0 Å². The van der Waals surface area contributed by atoms with Crippen LogP contribution in [0.15, 0.2) is 54.7 Å². The third-order valence-corrected chi connectivity index (χ3v) is 4.61. The Labute approximate surface area is 163 Å². The summed E-state index contributed by atoms with van der Waals surface area (Å²) in [5, 5.41) is 13.5. The van der Waals surface area contributed by atoms with Crippen molar-refractivity contribution in [3.63, 3.8) is 0 Å². The highest BCUT2D eigenvalue weighted by Crippen LogP contribution is 2.22. The van der Waals surface area contributed by atoms with Crippen LogP contribution in [0.1, 0.15) is 16.7 Å². The van der Waals surface area contributed by atoms with Gasteiger partial charge in [0, 0.05) is 17.4 Å². The van der Waals surface area contributed by atoms with Crippen molar-refractivity contribution in [2.45, 2.75) is 20.8 Å². The molecule has 28 heavy (non-hydrogen) atoms. The molecule has 0 amide bonds. The molecule has 3 N–H and O–H groups in total. The van der Waals surface area contributed by atoms with Gasteiger partial charge in [0.15, 0.2) is 5.82 Å². The predicted molar refractivity (Wildman–Crippen MR) is 111 cm³/mol. The topological polar surface area (TPSA) is 91.4 Å². The fraction of sp³-hybridized carbons (Fsp3) is 0.143. The van der Waals surface area contributed by atoms with Gasteiger partial charge in [0.1, 0.15) is 5.82 Å². The van der Waals surface area contributed by atoms with Gasteiger partial charge in [0.25, 0.3) is 0 Å². The van der Waals surface area contributed by atoms with Crippen LogP contribution < -0.4 is 10.6 Å². The average Bonchev–Trinajstić information content (AvgIpc) is 3.15. The number of nitrogens with zero attached hydrogens (tertiary/aromatic N) is 4. The Bertz CT molecular complexity index is 1080. The van der Waals surface area contributed by atoms with Gasteiger partial charge in [-0.3, -0.25) is 5.10 Å². The first kappa shape index (κ1) is 17.7. The zero-order valence-electron chi connectivity index (χ0n) is 16.0. The van der Waals surface area contributed by atoms with E-state index in [0.29, 0.717) is 23.5 Å². The molecule has 7 nitrogen and oxygen atoms in total. The average molecular weight is 371 g/mol. The molecule has 0 atom stereocenters. The monoisotopic (exact) mass is 371 g/mol. The van der Waals surface area contributed by atoms with Crippen molar-refractivity contribution in [2.24, 2.45) is 0 Å². The lowest BCUT2D eigenvalue weighted by Gasteiger charge is -2.11. The Morgan fingerprint density at radius 2 is 1.57 bits per heavy atom.